The van der Waals surface area contributed by atoms with E-state index in [-0.39, 0.29) is 0 Å². The molecule has 0 aromatic heterocycles. The standard InChI is InChI=1S/C42H78N18O24/c43-37(44)55-1-7-25-13(61)19(67)31(73-7)80-26-8(2-56-38(45)46)75-33(21(69)15(26)63)82-28-10(4-58-40(49)50)77-35(23(71)17(28)65)84-30-12(6-60-42(53)54)78-36(24(72)18(30)66)83-29-11(5-59-41(51)52)76-34(22(70)16(29)64)81-27-9(3-57-39(47)48)74-32(79-25)20(68)14(27)62/h7-36,61-72H,1-6H2,(H4,43,44,55)(H4,45,46,56)(H4,47,48,57)(H4,49,50,58)(H4,51,52,59)(H4,53,54,60)/t7-,8-,9-,10-,11-,12-,13-,14-,15-,16-,17-,18-,19-,20-,21-,22-,23-,24-,25-,26-,27-,28-,29-,30-,31-,32-,33-,34-,35-,36-/m1/s1. The number of nitrogens with zero attached hydrogens (tertiary/aromatic N) is 6. The number of aliphatic imine (C=N–C) groups is 6. The van der Waals surface area contributed by atoms with Crippen molar-refractivity contribution >= 4 is 35.8 Å². The van der Waals surface area contributed by atoms with E-state index in [1.54, 1.807) is 0 Å². The van der Waals surface area contributed by atoms with E-state index in [9.17, 15) is 61.3 Å². The third-order valence-corrected chi connectivity index (χ3v) is 14.3. The highest BCUT2D eigenvalue weighted by molar-refractivity contribution is 5.77. The lowest BCUT2D eigenvalue weighted by atomic mass is 9.94. The van der Waals surface area contributed by atoms with Gasteiger partial charge in [-0.3, -0.25) is 30.0 Å². The molecule has 0 saturated carbocycles. The Balaban J connectivity index is 1.31. The first kappa shape index (κ1) is 66.2. The van der Waals surface area contributed by atoms with Crippen LogP contribution in [0.15, 0.2) is 30.0 Å². The molecule has 22 saturated heterocycles. The van der Waals surface area contributed by atoms with E-state index < -0.39 is 259 Å². The SMILES string of the molecule is NC(N)=NC[C@H]1O[C@@H]2O[C@H]3[C@H](O)[C@@H](O)[C@@H](O[C@H]4[C@H](O)[C@@H](O)[C@@H](O[C@H]5[C@H](O)[C@@H](O)[C@@H](O[C@H]6[C@H](O)[C@@H](O)[C@@H](O[C@H]7[C@H](O)[C@@H](O)[C@@H](O[C@H]1[C@H](O)[C@H]2O)O[C@@H]7CN=C(N)N)O[C@@H]6CN=C(N)N)O[C@@H]5CN=C(N)N)O[C@@H]4CN=C(N)N)O[C@@H]3CN=C(N)N. The quantitative estimate of drug-likeness (QED) is 0.0637. The van der Waals surface area contributed by atoms with Crippen LogP contribution < -0.4 is 68.8 Å². The van der Waals surface area contributed by atoms with Crippen LogP contribution in [0.5, 0.6) is 0 Å². The molecule has 0 aromatic carbocycles. The molecule has 0 amide bonds. The average molecular weight is 1220 g/mol. The van der Waals surface area contributed by atoms with Gasteiger partial charge in [-0.25, -0.2) is 0 Å². The summed E-state index contributed by atoms with van der Waals surface area (Å²) in [6.45, 7) is -3.63. The molecule has 0 aliphatic carbocycles. The molecule has 0 spiro atoms. The molecule has 84 heavy (non-hydrogen) atoms. The van der Waals surface area contributed by atoms with Crippen LogP contribution in [0.3, 0.4) is 0 Å². The Labute approximate surface area is 475 Å². The molecule has 22 aliphatic heterocycles. The fourth-order valence-corrected chi connectivity index (χ4v) is 10.1. The van der Waals surface area contributed by atoms with Crippen molar-refractivity contribution in [3.63, 3.8) is 0 Å². The fourth-order valence-electron chi connectivity index (χ4n) is 10.1. The van der Waals surface area contributed by atoms with Gasteiger partial charge in [0.2, 0.25) is 0 Å². The van der Waals surface area contributed by atoms with Gasteiger partial charge in [-0.05, 0) is 0 Å². The van der Waals surface area contributed by atoms with E-state index in [0.717, 1.165) is 0 Å². The molecular weight excluding hydrogens is 1140 g/mol. The van der Waals surface area contributed by atoms with E-state index in [4.69, 9.17) is 126 Å². The Morgan fingerprint density at radius 2 is 0.321 bits per heavy atom. The minimum absolute atomic E-state index is 0.520. The minimum Gasteiger partial charge on any atom is -0.387 e. The molecule has 0 unspecified atom stereocenters. The normalized spacial score (nSPS) is 45.4. The molecule has 42 nitrogen and oxygen atoms in total. The molecule has 12 bridgehead atoms. The third kappa shape index (κ3) is 15.4. The number of aliphatic hydroxyl groups excluding tert-OH is 12. The molecule has 36 N–H and O–H groups in total. The van der Waals surface area contributed by atoms with Crippen LogP contribution in [0.4, 0.5) is 0 Å². The lowest BCUT2D eigenvalue weighted by Crippen LogP contribution is -2.69. The predicted octanol–water partition coefficient (Wildman–Crippen LogP) is -17.4. The van der Waals surface area contributed by atoms with E-state index in [1.165, 1.54) is 0 Å². The van der Waals surface area contributed by atoms with Gasteiger partial charge in [0.1, 0.15) is 146 Å². The molecule has 30 atom stereocenters. The lowest BCUT2D eigenvalue weighted by Gasteiger charge is -2.50. The topological polar surface area (TPSA) is 740 Å². The maximum Gasteiger partial charge on any atom is 0.187 e. The van der Waals surface area contributed by atoms with Crippen LogP contribution in [0.25, 0.3) is 0 Å². The zero-order chi connectivity index (χ0) is 61.8. The van der Waals surface area contributed by atoms with E-state index in [0.29, 0.717) is 0 Å². The van der Waals surface area contributed by atoms with Crippen molar-refractivity contribution in [1.29, 1.82) is 0 Å². The van der Waals surface area contributed by atoms with Crippen molar-refractivity contribution in [2.24, 2.45) is 98.8 Å². The second-order valence-corrected chi connectivity index (χ2v) is 20.3. The number of hydrogen-bond acceptors (Lipinski definition) is 30. The van der Waals surface area contributed by atoms with Gasteiger partial charge in [0.05, 0.1) is 39.3 Å². The fraction of sp³-hybridized carbons (Fsp3) is 0.857. The zero-order valence-corrected chi connectivity index (χ0v) is 44.4. The molecule has 0 radical (unpaired) electrons. The lowest BCUT2D eigenvalue weighted by molar-refractivity contribution is -0.398. The van der Waals surface area contributed by atoms with Gasteiger partial charge >= 0.3 is 0 Å². The van der Waals surface area contributed by atoms with Crippen molar-refractivity contribution < 1.29 is 118 Å². The monoisotopic (exact) mass is 1220 g/mol. The van der Waals surface area contributed by atoms with Gasteiger partial charge in [0, 0.05) is 0 Å². The zero-order valence-electron chi connectivity index (χ0n) is 44.4. The average Bonchev–Trinajstić information content (AvgIpc) is 1.52. The van der Waals surface area contributed by atoms with Crippen molar-refractivity contribution in [1.82, 2.24) is 0 Å². The Morgan fingerprint density at radius 1 is 0.202 bits per heavy atom. The maximum absolute atomic E-state index is 11.8. The highest BCUT2D eigenvalue weighted by Gasteiger charge is 2.59. The van der Waals surface area contributed by atoms with Crippen LogP contribution in [-0.2, 0) is 56.8 Å². The maximum atomic E-state index is 11.8. The molecule has 480 valence electrons. The van der Waals surface area contributed by atoms with Gasteiger partial charge in [0.25, 0.3) is 0 Å². The summed E-state index contributed by atoms with van der Waals surface area (Å²) in [5.74, 6) is -3.12. The molecule has 0 aromatic rings. The second-order valence-electron chi connectivity index (χ2n) is 20.3. The van der Waals surface area contributed by atoms with Crippen LogP contribution in [0, 0.1) is 0 Å². The van der Waals surface area contributed by atoms with Gasteiger partial charge in [-0.15, -0.1) is 0 Å². The molecular formula is C42H78N18O24. The Kier molecular flexibility index (Phi) is 22.4. The van der Waals surface area contributed by atoms with E-state index >= 15 is 0 Å². The van der Waals surface area contributed by atoms with E-state index in [1.807, 2.05) is 0 Å². The predicted molar refractivity (Wildman–Crippen MR) is 277 cm³/mol. The van der Waals surface area contributed by atoms with Crippen LogP contribution >= 0.6 is 0 Å². The summed E-state index contributed by atoms with van der Waals surface area (Å²) >= 11 is 0. The Hall–Kier alpha value is -5.34. The first-order chi connectivity index (χ1) is 39.6. The number of ether oxygens (including phenoxy) is 12. The van der Waals surface area contributed by atoms with Gasteiger partial charge in [-0.2, -0.15) is 0 Å². The first-order valence-corrected chi connectivity index (χ1v) is 25.9. The van der Waals surface area contributed by atoms with Crippen LogP contribution in [0.2, 0.25) is 0 Å². The summed E-state index contributed by atoms with van der Waals surface area (Å²) in [6.07, 6.45) is -59.0. The highest BCUT2D eigenvalue weighted by Crippen LogP contribution is 2.38. The van der Waals surface area contributed by atoms with Crippen LogP contribution in [-0.4, -0.2) is 321 Å². The number of guanidine groups is 6. The van der Waals surface area contributed by atoms with Gasteiger partial charge in [0.15, 0.2) is 73.5 Å². The molecule has 22 fully saturated rings. The van der Waals surface area contributed by atoms with Crippen molar-refractivity contribution in [2.45, 2.75) is 184 Å². The highest BCUT2D eigenvalue weighted by atomic mass is 16.8. The summed E-state index contributed by atoms with van der Waals surface area (Å²) in [7, 11) is 0. The van der Waals surface area contributed by atoms with Crippen molar-refractivity contribution in [3.8, 4) is 0 Å². The molecule has 22 aliphatic rings. The summed E-state index contributed by atoms with van der Waals surface area (Å²) in [5, 5.41) is 141. The van der Waals surface area contributed by atoms with Crippen molar-refractivity contribution in [3.05, 3.63) is 0 Å². The largest absolute Gasteiger partial charge is 0.387 e. The summed E-state index contributed by atoms with van der Waals surface area (Å²) in [4.78, 5) is 23.6. The Bertz CT molecular complexity index is 1940. The van der Waals surface area contributed by atoms with Crippen LogP contribution in [0.1, 0.15) is 0 Å². The number of aliphatic hydroxyl groups is 12. The summed E-state index contributed by atoms with van der Waals surface area (Å²) < 4.78 is 72.5. The number of nitrogens with two attached hydrogens (primary N) is 12. The summed E-state index contributed by atoms with van der Waals surface area (Å²) in [5.41, 5.74) is 67.7. The van der Waals surface area contributed by atoms with Gasteiger partial charge < -0.3 is 187 Å². The third-order valence-electron chi connectivity index (χ3n) is 14.3. The van der Waals surface area contributed by atoms with Crippen molar-refractivity contribution in [2.75, 3.05) is 39.3 Å². The van der Waals surface area contributed by atoms with Gasteiger partial charge in [-0.1, -0.05) is 0 Å². The van der Waals surface area contributed by atoms with E-state index in [2.05, 4.69) is 30.0 Å². The smallest absolute Gasteiger partial charge is 0.187 e. The molecule has 42 heteroatoms. The first-order valence-electron chi connectivity index (χ1n) is 25.9. The molecule has 22 rings (SSSR count). The minimum atomic E-state index is -2.20. The number of hydrogen-bond donors (Lipinski definition) is 24. The second kappa shape index (κ2) is 28.4. The Morgan fingerprint density at radius 3 is 0.429 bits per heavy atom. The number of rotatable bonds is 12. The summed E-state index contributed by atoms with van der Waals surface area (Å²) in [6, 6.07) is 0. The molecule has 22 heterocycles.